The van der Waals surface area contributed by atoms with Gasteiger partial charge in [0.05, 0.1) is 6.33 Å². The molecule has 3 N–H and O–H groups in total. The molecule has 1 aliphatic carbocycles. The van der Waals surface area contributed by atoms with E-state index < -0.39 is 0 Å². The normalized spacial score (nSPS) is 14.4. The average Bonchev–Trinajstić information content (AvgIpc) is 3.15. The molecule has 0 radical (unpaired) electrons. The molecule has 1 saturated carbocycles. The molecule has 100 valence electrons. The molecule has 7 heteroatoms. The van der Waals surface area contributed by atoms with Crippen LogP contribution in [0.2, 0.25) is 0 Å². The highest BCUT2D eigenvalue weighted by Gasteiger charge is 2.23. The Morgan fingerprint density at radius 2 is 2.10 bits per heavy atom. The molecule has 0 spiro atoms. The summed E-state index contributed by atoms with van der Waals surface area (Å²) in [7, 11) is 0. The number of nitrogens with one attached hydrogen (secondary N) is 3. The van der Waals surface area contributed by atoms with Crippen LogP contribution >= 0.6 is 0 Å². The molecule has 0 saturated heterocycles. The summed E-state index contributed by atoms with van der Waals surface area (Å²) < 4.78 is 0. The number of nitrogens with zero attached hydrogens (tertiary/aromatic N) is 4. The second-order valence-electron chi connectivity index (χ2n) is 4.75. The van der Waals surface area contributed by atoms with Gasteiger partial charge in [-0.2, -0.15) is 9.97 Å². The number of aromatic amines is 1. The van der Waals surface area contributed by atoms with Crippen molar-refractivity contribution in [3.05, 3.63) is 30.7 Å². The van der Waals surface area contributed by atoms with Crippen molar-refractivity contribution >= 4 is 28.7 Å². The molecular weight excluding hydrogens is 254 g/mol. The van der Waals surface area contributed by atoms with Gasteiger partial charge < -0.3 is 15.6 Å². The molecule has 1 fully saturated rings. The largest absolute Gasteiger partial charge is 0.365 e. The first-order valence-electron chi connectivity index (χ1n) is 6.54. The highest BCUT2D eigenvalue weighted by Crippen LogP contribution is 2.27. The highest BCUT2D eigenvalue weighted by atomic mass is 15.2. The van der Waals surface area contributed by atoms with E-state index in [1.54, 1.807) is 12.5 Å². The van der Waals surface area contributed by atoms with Crippen molar-refractivity contribution in [2.75, 3.05) is 10.6 Å². The van der Waals surface area contributed by atoms with Crippen molar-refractivity contribution < 1.29 is 0 Å². The summed E-state index contributed by atoms with van der Waals surface area (Å²) in [4.78, 5) is 20.4. The molecule has 0 amide bonds. The number of anilines is 3. The molecule has 0 aliphatic heterocycles. The number of rotatable bonds is 4. The van der Waals surface area contributed by atoms with E-state index in [1.807, 2.05) is 18.2 Å². The van der Waals surface area contributed by atoms with Crippen LogP contribution in [0.4, 0.5) is 17.6 Å². The SMILES string of the molecule is c1ccc(Nc2nc(NC3CC3)c3nc[nH]c3n2)nc1. The first kappa shape index (κ1) is 11.2. The Bertz CT molecular complexity index is 733. The standard InChI is InChI=1S/C13H13N7/c1-2-6-14-9(3-1)18-13-19-11-10(15-7-16-11)12(20-13)17-8-4-5-8/h1-3,6-8H,4-5H2,(H3,14,15,16,17,18,19,20). The summed E-state index contributed by atoms with van der Waals surface area (Å²) in [5.74, 6) is 1.98. The van der Waals surface area contributed by atoms with E-state index in [-0.39, 0.29) is 0 Å². The van der Waals surface area contributed by atoms with Crippen molar-refractivity contribution in [2.24, 2.45) is 0 Å². The van der Waals surface area contributed by atoms with E-state index in [9.17, 15) is 0 Å². The summed E-state index contributed by atoms with van der Waals surface area (Å²) >= 11 is 0. The van der Waals surface area contributed by atoms with Crippen LogP contribution in [-0.2, 0) is 0 Å². The Labute approximate surface area is 114 Å². The minimum atomic E-state index is 0.503. The topological polar surface area (TPSA) is 91.4 Å². The monoisotopic (exact) mass is 267 g/mol. The van der Waals surface area contributed by atoms with Gasteiger partial charge in [0, 0.05) is 12.2 Å². The Balaban J connectivity index is 1.71. The van der Waals surface area contributed by atoms with Crippen molar-refractivity contribution in [1.29, 1.82) is 0 Å². The predicted octanol–water partition coefficient (Wildman–Crippen LogP) is 2.07. The van der Waals surface area contributed by atoms with Crippen LogP contribution in [0.1, 0.15) is 12.8 Å². The molecule has 7 nitrogen and oxygen atoms in total. The van der Waals surface area contributed by atoms with Crippen LogP contribution in [0.15, 0.2) is 30.7 Å². The van der Waals surface area contributed by atoms with E-state index in [2.05, 4.69) is 35.6 Å². The Morgan fingerprint density at radius 1 is 1.15 bits per heavy atom. The van der Waals surface area contributed by atoms with E-state index >= 15 is 0 Å². The third-order valence-corrected chi connectivity index (χ3v) is 3.10. The van der Waals surface area contributed by atoms with Gasteiger partial charge in [-0.05, 0) is 25.0 Å². The molecule has 0 unspecified atom stereocenters. The first-order chi connectivity index (χ1) is 9.88. The van der Waals surface area contributed by atoms with Crippen molar-refractivity contribution in [1.82, 2.24) is 24.9 Å². The third-order valence-electron chi connectivity index (χ3n) is 3.10. The summed E-state index contributed by atoms with van der Waals surface area (Å²) in [5, 5.41) is 6.48. The summed E-state index contributed by atoms with van der Waals surface area (Å²) in [6, 6.07) is 6.15. The van der Waals surface area contributed by atoms with Crippen molar-refractivity contribution in [3.63, 3.8) is 0 Å². The van der Waals surface area contributed by atoms with Crippen molar-refractivity contribution in [2.45, 2.75) is 18.9 Å². The van der Waals surface area contributed by atoms with E-state index in [0.717, 1.165) is 11.3 Å². The Kier molecular flexibility index (Phi) is 2.48. The molecule has 0 atom stereocenters. The van der Waals surface area contributed by atoms with Gasteiger partial charge in [0.2, 0.25) is 5.95 Å². The average molecular weight is 267 g/mol. The molecule has 20 heavy (non-hydrogen) atoms. The van der Waals surface area contributed by atoms with Crippen molar-refractivity contribution in [3.8, 4) is 0 Å². The van der Waals surface area contributed by atoms with Crippen LogP contribution < -0.4 is 10.6 Å². The minimum Gasteiger partial charge on any atom is -0.365 e. The fourth-order valence-corrected chi connectivity index (χ4v) is 1.96. The lowest BCUT2D eigenvalue weighted by molar-refractivity contribution is 1.10. The van der Waals surface area contributed by atoms with E-state index in [4.69, 9.17) is 0 Å². The summed E-state index contributed by atoms with van der Waals surface area (Å²) in [6.07, 6.45) is 5.71. The minimum absolute atomic E-state index is 0.503. The van der Waals surface area contributed by atoms with Crippen LogP contribution in [-0.4, -0.2) is 31.0 Å². The maximum absolute atomic E-state index is 4.49. The van der Waals surface area contributed by atoms with E-state index in [1.165, 1.54) is 12.8 Å². The number of H-pyrrole nitrogens is 1. The number of hydrogen-bond acceptors (Lipinski definition) is 6. The number of hydrogen-bond donors (Lipinski definition) is 3. The zero-order chi connectivity index (χ0) is 13.4. The second kappa shape index (κ2) is 4.44. The van der Waals surface area contributed by atoms with Gasteiger partial charge in [0.1, 0.15) is 11.3 Å². The van der Waals surface area contributed by atoms with E-state index in [0.29, 0.717) is 23.5 Å². The molecular formula is C13H13N7. The molecule has 3 heterocycles. The zero-order valence-corrected chi connectivity index (χ0v) is 10.7. The Morgan fingerprint density at radius 3 is 2.90 bits per heavy atom. The maximum atomic E-state index is 4.49. The lowest BCUT2D eigenvalue weighted by atomic mass is 10.4. The molecule has 4 rings (SSSR count). The van der Waals surface area contributed by atoms with Gasteiger partial charge in [-0.1, -0.05) is 6.07 Å². The highest BCUT2D eigenvalue weighted by molar-refractivity contribution is 5.84. The number of fused-ring (bicyclic) bond motifs is 1. The third kappa shape index (κ3) is 2.13. The van der Waals surface area contributed by atoms with Gasteiger partial charge in [0.15, 0.2) is 11.5 Å². The maximum Gasteiger partial charge on any atom is 0.232 e. The first-order valence-corrected chi connectivity index (χ1v) is 6.54. The summed E-state index contributed by atoms with van der Waals surface area (Å²) in [5.41, 5.74) is 1.48. The number of aromatic nitrogens is 5. The molecule has 3 aromatic rings. The molecule has 0 bridgehead atoms. The smallest absolute Gasteiger partial charge is 0.232 e. The summed E-state index contributed by atoms with van der Waals surface area (Å²) in [6.45, 7) is 0. The van der Waals surface area contributed by atoms with Crippen LogP contribution in [0, 0.1) is 0 Å². The second-order valence-corrected chi connectivity index (χ2v) is 4.75. The van der Waals surface area contributed by atoms with Gasteiger partial charge >= 0.3 is 0 Å². The Hall–Kier alpha value is -2.70. The quantitative estimate of drug-likeness (QED) is 0.670. The van der Waals surface area contributed by atoms with Crippen LogP contribution in [0.5, 0.6) is 0 Å². The number of pyridine rings is 1. The predicted molar refractivity (Wildman–Crippen MR) is 75.8 cm³/mol. The van der Waals surface area contributed by atoms with Gasteiger partial charge in [-0.15, -0.1) is 0 Å². The molecule has 3 aromatic heterocycles. The van der Waals surface area contributed by atoms with Crippen LogP contribution in [0.3, 0.4) is 0 Å². The number of imidazole rings is 1. The molecule has 0 aromatic carbocycles. The van der Waals surface area contributed by atoms with Crippen LogP contribution in [0.25, 0.3) is 11.2 Å². The molecule has 1 aliphatic rings. The zero-order valence-electron chi connectivity index (χ0n) is 10.7. The lowest BCUT2D eigenvalue weighted by Gasteiger charge is -2.08. The van der Waals surface area contributed by atoms with Gasteiger partial charge in [-0.3, -0.25) is 0 Å². The van der Waals surface area contributed by atoms with Gasteiger partial charge in [-0.25, -0.2) is 9.97 Å². The fourth-order valence-electron chi connectivity index (χ4n) is 1.96. The fraction of sp³-hybridized carbons (Fsp3) is 0.231. The lowest BCUT2D eigenvalue weighted by Crippen LogP contribution is -2.07. The van der Waals surface area contributed by atoms with Gasteiger partial charge in [0.25, 0.3) is 0 Å².